The number of unbranched alkanes of at least 4 members (excludes halogenated alkanes) is 1. The van der Waals surface area contributed by atoms with Crippen molar-refractivity contribution in [2.75, 3.05) is 0 Å². The van der Waals surface area contributed by atoms with E-state index in [1.54, 1.807) is 0 Å². The number of hydrogen-bond acceptors (Lipinski definition) is 2. The number of aryl methyl sites for hydroxylation is 1. The van der Waals surface area contributed by atoms with Crippen LogP contribution in [0.25, 0.3) is 0 Å². The minimum atomic E-state index is 0.441. The first kappa shape index (κ1) is 11.6. The Balaban J connectivity index is 2.20. The van der Waals surface area contributed by atoms with Crippen LogP contribution >= 0.6 is 11.3 Å². The summed E-state index contributed by atoms with van der Waals surface area (Å²) < 4.78 is 0. The van der Waals surface area contributed by atoms with Gasteiger partial charge in [-0.25, -0.2) is 0 Å². The van der Waals surface area contributed by atoms with Gasteiger partial charge in [-0.15, -0.1) is 11.3 Å². The fourth-order valence-corrected chi connectivity index (χ4v) is 2.17. The molecule has 0 aliphatic rings. The highest BCUT2D eigenvalue weighted by atomic mass is 32.1. The van der Waals surface area contributed by atoms with Crippen LogP contribution in [0.4, 0.5) is 0 Å². The first-order valence-electron chi connectivity index (χ1n) is 5.24. The molecule has 0 saturated carbocycles. The van der Waals surface area contributed by atoms with Crippen molar-refractivity contribution in [2.24, 2.45) is 5.41 Å². The lowest BCUT2D eigenvalue weighted by Gasteiger charge is -2.17. The van der Waals surface area contributed by atoms with Crippen molar-refractivity contribution in [1.82, 2.24) is 0 Å². The molecule has 0 atom stereocenters. The second kappa shape index (κ2) is 4.83. The van der Waals surface area contributed by atoms with E-state index in [2.05, 4.69) is 20.8 Å². The van der Waals surface area contributed by atoms with E-state index >= 15 is 0 Å². The monoisotopic (exact) mass is 212 g/mol. The quantitative estimate of drug-likeness (QED) is 0.741. The van der Waals surface area contributed by atoms with Crippen LogP contribution in [0.5, 0.6) is 5.06 Å². The van der Waals surface area contributed by atoms with Crippen LogP contribution in [0.15, 0.2) is 11.4 Å². The average molecular weight is 212 g/mol. The molecule has 1 aromatic heterocycles. The third kappa shape index (κ3) is 4.14. The molecule has 0 amide bonds. The molecular weight excluding hydrogens is 192 g/mol. The number of hydrogen-bond donors (Lipinski definition) is 1. The predicted octanol–water partition coefficient (Wildman–Crippen LogP) is 4.21. The minimum Gasteiger partial charge on any atom is -0.499 e. The fraction of sp³-hybridized carbons (Fsp3) is 0.667. The van der Waals surface area contributed by atoms with Gasteiger partial charge in [-0.05, 0) is 36.1 Å². The largest absolute Gasteiger partial charge is 0.499 e. The zero-order valence-corrected chi connectivity index (χ0v) is 10.2. The topological polar surface area (TPSA) is 20.2 Å². The van der Waals surface area contributed by atoms with E-state index in [0.717, 1.165) is 12.0 Å². The molecule has 1 rings (SSSR count). The standard InChI is InChI=1S/C12H20OS/c1-12(2,3)8-5-4-6-10-7-9-14-11(10)13/h7,9,13H,4-6,8H2,1-3H3. The molecule has 0 unspecified atom stereocenters. The molecule has 14 heavy (non-hydrogen) atoms. The molecule has 0 aliphatic heterocycles. The van der Waals surface area contributed by atoms with E-state index < -0.39 is 0 Å². The van der Waals surface area contributed by atoms with E-state index in [-0.39, 0.29) is 0 Å². The van der Waals surface area contributed by atoms with Crippen LogP contribution < -0.4 is 0 Å². The number of thiophene rings is 1. The normalized spacial score (nSPS) is 11.9. The van der Waals surface area contributed by atoms with Gasteiger partial charge in [0.25, 0.3) is 0 Å². The molecular formula is C12H20OS. The van der Waals surface area contributed by atoms with Crippen molar-refractivity contribution in [1.29, 1.82) is 0 Å². The molecule has 1 aromatic rings. The molecule has 80 valence electrons. The van der Waals surface area contributed by atoms with Gasteiger partial charge in [-0.3, -0.25) is 0 Å². The average Bonchev–Trinajstić information content (AvgIpc) is 2.44. The molecule has 0 saturated heterocycles. The number of aromatic hydroxyl groups is 1. The molecule has 1 nitrogen and oxygen atoms in total. The van der Waals surface area contributed by atoms with E-state index in [0.29, 0.717) is 10.5 Å². The van der Waals surface area contributed by atoms with Crippen molar-refractivity contribution in [3.05, 3.63) is 17.0 Å². The lowest BCUT2D eigenvalue weighted by molar-refractivity contribution is 0.360. The molecule has 1 N–H and O–H groups in total. The van der Waals surface area contributed by atoms with Gasteiger partial charge in [-0.2, -0.15) is 0 Å². The van der Waals surface area contributed by atoms with Crippen molar-refractivity contribution >= 4 is 11.3 Å². The van der Waals surface area contributed by atoms with Crippen LogP contribution in [0.2, 0.25) is 0 Å². The lowest BCUT2D eigenvalue weighted by Crippen LogP contribution is -2.04. The SMILES string of the molecule is CC(C)(C)CCCCc1ccsc1O. The van der Waals surface area contributed by atoms with Crippen molar-refractivity contribution in [2.45, 2.75) is 46.5 Å². The van der Waals surface area contributed by atoms with E-state index in [1.807, 2.05) is 11.4 Å². The van der Waals surface area contributed by atoms with Gasteiger partial charge in [-0.1, -0.05) is 27.2 Å². The molecule has 0 aliphatic carbocycles. The fourth-order valence-electron chi connectivity index (χ4n) is 1.49. The van der Waals surface area contributed by atoms with Crippen LogP contribution in [-0.2, 0) is 6.42 Å². The summed E-state index contributed by atoms with van der Waals surface area (Å²) in [6.45, 7) is 6.82. The Morgan fingerprint density at radius 1 is 1.29 bits per heavy atom. The summed E-state index contributed by atoms with van der Waals surface area (Å²) in [5, 5.41) is 11.9. The molecule has 0 spiro atoms. The van der Waals surface area contributed by atoms with Crippen LogP contribution in [0.1, 0.15) is 45.6 Å². The maximum absolute atomic E-state index is 9.43. The van der Waals surface area contributed by atoms with Gasteiger partial charge < -0.3 is 5.11 Å². The highest BCUT2D eigenvalue weighted by Crippen LogP contribution is 2.27. The molecule has 0 aromatic carbocycles. The Hall–Kier alpha value is -0.500. The summed E-state index contributed by atoms with van der Waals surface area (Å²) in [4.78, 5) is 0. The third-order valence-corrected chi connectivity index (χ3v) is 3.10. The Kier molecular flexibility index (Phi) is 3.99. The predicted molar refractivity (Wildman–Crippen MR) is 63.0 cm³/mol. The maximum atomic E-state index is 9.43. The van der Waals surface area contributed by atoms with Gasteiger partial charge in [0, 0.05) is 5.56 Å². The third-order valence-electron chi connectivity index (χ3n) is 2.35. The molecule has 0 fully saturated rings. The van der Waals surface area contributed by atoms with Gasteiger partial charge in [0.05, 0.1) is 0 Å². The van der Waals surface area contributed by atoms with Crippen LogP contribution in [-0.4, -0.2) is 5.11 Å². The number of rotatable bonds is 4. The second-order valence-electron chi connectivity index (χ2n) is 5.02. The Morgan fingerprint density at radius 2 is 2.00 bits per heavy atom. The Morgan fingerprint density at radius 3 is 2.50 bits per heavy atom. The van der Waals surface area contributed by atoms with Gasteiger partial charge in [0.2, 0.25) is 0 Å². The first-order chi connectivity index (χ1) is 6.49. The first-order valence-corrected chi connectivity index (χ1v) is 6.12. The summed E-state index contributed by atoms with van der Waals surface area (Å²) in [6.07, 6.45) is 4.71. The summed E-state index contributed by atoms with van der Waals surface area (Å²) >= 11 is 1.42. The van der Waals surface area contributed by atoms with Crippen LogP contribution in [0.3, 0.4) is 0 Å². The summed E-state index contributed by atoms with van der Waals surface area (Å²) in [6, 6.07) is 2.02. The molecule has 0 bridgehead atoms. The van der Waals surface area contributed by atoms with Crippen molar-refractivity contribution in [3.8, 4) is 5.06 Å². The highest BCUT2D eigenvalue weighted by molar-refractivity contribution is 7.11. The Labute approximate surface area is 90.8 Å². The summed E-state index contributed by atoms with van der Waals surface area (Å²) in [5.74, 6) is 0. The van der Waals surface area contributed by atoms with Crippen molar-refractivity contribution in [3.63, 3.8) is 0 Å². The second-order valence-corrected chi connectivity index (χ2v) is 5.91. The van der Waals surface area contributed by atoms with Gasteiger partial charge in [0.1, 0.15) is 0 Å². The smallest absolute Gasteiger partial charge is 0.174 e. The molecule has 2 heteroatoms. The van der Waals surface area contributed by atoms with E-state index in [4.69, 9.17) is 0 Å². The van der Waals surface area contributed by atoms with Gasteiger partial charge >= 0.3 is 0 Å². The lowest BCUT2D eigenvalue weighted by atomic mass is 9.89. The maximum Gasteiger partial charge on any atom is 0.174 e. The summed E-state index contributed by atoms with van der Waals surface area (Å²) in [7, 11) is 0. The van der Waals surface area contributed by atoms with Gasteiger partial charge in [0.15, 0.2) is 5.06 Å². The highest BCUT2D eigenvalue weighted by Gasteiger charge is 2.09. The molecule has 0 radical (unpaired) electrons. The van der Waals surface area contributed by atoms with E-state index in [9.17, 15) is 5.11 Å². The zero-order valence-electron chi connectivity index (χ0n) is 9.34. The molecule has 1 heterocycles. The Bertz CT molecular complexity index is 270. The zero-order chi connectivity index (χ0) is 10.6. The minimum absolute atomic E-state index is 0.441. The summed E-state index contributed by atoms with van der Waals surface area (Å²) in [5.41, 5.74) is 1.56. The van der Waals surface area contributed by atoms with E-state index in [1.165, 1.54) is 30.6 Å². The van der Waals surface area contributed by atoms with Crippen LogP contribution in [0, 0.1) is 5.41 Å². The van der Waals surface area contributed by atoms with Crippen molar-refractivity contribution < 1.29 is 5.11 Å².